The van der Waals surface area contributed by atoms with Crippen LogP contribution in [0.2, 0.25) is 0 Å². The third kappa shape index (κ3) is 8.64. The molecule has 0 bridgehead atoms. The van der Waals surface area contributed by atoms with Gasteiger partial charge in [0, 0.05) is 17.4 Å². The predicted molar refractivity (Wildman–Crippen MR) is 211 cm³/mol. The Balaban J connectivity index is 1.64. The van der Waals surface area contributed by atoms with E-state index in [1.54, 1.807) is 24.3 Å². The zero-order valence-electron chi connectivity index (χ0n) is 32.0. The lowest BCUT2D eigenvalue weighted by molar-refractivity contribution is 0.378. The third-order valence-corrected chi connectivity index (χ3v) is 11.2. The zero-order chi connectivity index (χ0) is 37.0. The van der Waals surface area contributed by atoms with Crippen molar-refractivity contribution < 1.29 is 22.0 Å². The Morgan fingerprint density at radius 3 is 1.20 bits per heavy atom. The third-order valence-electron chi connectivity index (χ3n) is 9.00. The molecule has 0 saturated carbocycles. The maximum Gasteiger partial charge on any atom is 0.530 e. The van der Waals surface area contributed by atoms with Gasteiger partial charge >= 0.3 is 8.60 Å². The van der Waals surface area contributed by atoms with Crippen LogP contribution in [0.3, 0.4) is 0 Å². The number of benzene rings is 5. The van der Waals surface area contributed by atoms with E-state index in [0.29, 0.717) is 17.2 Å². The molecule has 7 heteroatoms. The summed E-state index contributed by atoms with van der Waals surface area (Å²) in [7, 11) is -5.43. The predicted octanol–water partition coefficient (Wildman–Crippen LogP) is 12.4. The zero-order valence-corrected chi connectivity index (χ0v) is 33.7. The summed E-state index contributed by atoms with van der Waals surface area (Å²) in [4.78, 5) is 0.217. The van der Waals surface area contributed by atoms with Gasteiger partial charge < -0.3 is 13.6 Å². The van der Waals surface area contributed by atoms with Crippen LogP contribution in [-0.2, 0) is 31.5 Å². The van der Waals surface area contributed by atoms with E-state index in [1.165, 1.54) is 17.4 Å². The molecule has 5 aromatic rings. The van der Waals surface area contributed by atoms with Crippen LogP contribution in [0.15, 0.2) is 89.8 Å². The van der Waals surface area contributed by atoms with Crippen molar-refractivity contribution >= 4 is 40.0 Å². The molecular weight excluding hydrogens is 660 g/mol. The summed E-state index contributed by atoms with van der Waals surface area (Å²) < 4.78 is 44.5. The normalized spacial score (nSPS) is 13.2. The lowest BCUT2D eigenvalue weighted by Gasteiger charge is -2.28. The molecule has 0 saturated heterocycles. The van der Waals surface area contributed by atoms with Crippen molar-refractivity contribution in [3.63, 3.8) is 0 Å². The highest BCUT2D eigenvalue weighted by atomic mass is 32.2. The van der Waals surface area contributed by atoms with Gasteiger partial charge in [-0.05, 0) is 103 Å². The first kappa shape index (κ1) is 37.7. The van der Waals surface area contributed by atoms with E-state index in [2.05, 4.69) is 144 Å². The summed E-state index contributed by atoms with van der Waals surface area (Å²) in [6, 6.07) is 28.2. The molecule has 50 heavy (non-hydrogen) atoms. The summed E-state index contributed by atoms with van der Waals surface area (Å²) in [5.41, 5.74) is 4.16. The molecule has 0 spiro atoms. The first-order valence-electron chi connectivity index (χ1n) is 17.2. The SMILES string of the molecule is CC(C)(C)c1ccc2cc(OP(Oc3ccc(S(C)(=O)=O)cc3)Oc3cc4ccc(C(C)(C)C)cc4cc3C(C)(C)C)c(C(C)(C)C)cc2c1. The second-order valence-electron chi connectivity index (χ2n) is 17.6. The summed E-state index contributed by atoms with van der Waals surface area (Å²) in [5.74, 6) is 1.81. The fraction of sp³-hybridized carbons (Fsp3) is 0.395. The second kappa shape index (κ2) is 13.2. The largest absolute Gasteiger partial charge is 0.530 e. The molecular formula is C43H53O5PS. The van der Waals surface area contributed by atoms with Crippen LogP contribution in [0.25, 0.3) is 21.5 Å². The summed E-state index contributed by atoms with van der Waals surface area (Å²) in [5, 5.41) is 4.42. The molecule has 5 rings (SSSR count). The Bertz CT molecular complexity index is 2020. The van der Waals surface area contributed by atoms with Crippen LogP contribution in [0, 0.1) is 0 Å². The molecule has 5 aromatic carbocycles. The Hall–Kier alpha value is -3.60. The van der Waals surface area contributed by atoms with E-state index < -0.39 is 18.4 Å². The molecule has 0 amide bonds. The highest BCUT2D eigenvalue weighted by molar-refractivity contribution is 7.90. The lowest BCUT2D eigenvalue weighted by Crippen LogP contribution is -2.16. The number of rotatable bonds is 7. The quantitative estimate of drug-likeness (QED) is 0.157. The van der Waals surface area contributed by atoms with E-state index in [-0.39, 0.29) is 26.6 Å². The maximum absolute atomic E-state index is 12.2. The van der Waals surface area contributed by atoms with Crippen molar-refractivity contribution in [1.82, 2.24) is 0 Å². The standard InChI is InChI=1S/C43H53O5PS/c1-40(2,3)32-16-14-28-26-38(36(42(7,8)9)24-30(28)22-32)47-49(46-34-18-20-35(21-19-34)50(13,44)45)48-39-27-29-15-17-33(41(4,5)6)23-31(29)25-37(39)43(10,11)12/h14-27H,1-13H3. The minimum Gasteiger partial charge on any atom is -0.409 e. The molecule has 0 fully saturated rings. The number of fused-ring (bicyclic) bond motifs is 2. The van der Waals surface area contributed by atoms with Crippen molar-refractivity contribution in [2.45, 2.75) is 110 Å². The molecule has 0 radical (unpaired) electrons. The molecule has 0 heterocycles. The Labute approximate surface area is 301 Å². The molecule has 5 nitrogen and oxygen atoms in total. The molecule has 0 aliphatic heterocycles. The van der Waals surface area contributed by atoms with Crippen LogP contribution in [0.5, 0.6) is 17.2 Å². The Morgan fingerprint density at radius 1 is 0.460 bits per heavy atom. The molecule has 0 atom stereocenters. The van der Waals surface area contributed by atoms with Crippen LogP contribution >= 0.6 is 8.60 Å². The number of sulfone groups is 1. The molecule has 0 aromatic heterocycles. The van der Waals surface area contributed by atoms with Gasteiger partial charge in [0.15, 0.2) is 9.84 Å². The highest BCUT2D eigenvalue weighted by Gasteiger charge is 2.30. The summed E-state index contributed by atoms with van der Waals surface area (Å²) >= 11 is 0. The van der Waals surface area contributed by atoms with Gasteiger partial charge in [-0.2, -0.15) is 0 Å². The minimum atomic E-state index is -3.37. The van der Waals surface area contributed by atoms with Crippen LogP contribution in [0.4, 0.5) is 0 Å². The fourth-order valence-corrected chi connectivity index (χ4v) is 7.52. The topological polar surface area (TPSA) is 61.8 Å². The van der Waals surface area contributed by atoms with Crippen molar-refractivity contribution in [3.8, 4) is 17.2 Å². The van der Waals surface area contributed by atoms with E-state index >= 15 is 0 Å². The molecule has 0 unspecified atom stereocenters. The van der Waals surface area contributed by atoms with Crippen LogP contribution in [0.1, 0.15) is 105 Å². The van der Waals surface area contributed by atoms with Gasteiger partial charge in [0.05, 0.1) is 4.90 Å². The first-order chi connectivity index (χ1) is 22.9. The monoisotopic (exact) mass is 712 g/mol. The summed E-state index contributed by atoms with van der Waals surface area (Å²) in [6.07, 6.45) is 1.19. The Kier molecular flexibility index (Phi) is 9.93. The average Bonchev–Trinajstić information content (AvgIpc) is 2.97. The number of hydrogen-bond acceptors (Lipinski definition) is 5. The maximum atomic E-state index is 12.2. The molecule has 0 aliphatic rings. The Morgan fingerprint density at radius 2 is 0.860 bits per heavy atom. The first-order valence-corrected chi connectivity index (χ1v) is 20.2. The van der Waals surface area contributed by atoms with Gasteiger partial charge in [0.25, 0.3) is 0 Å². The van der Waals surface area contributed by atoms with E-state index in [1.807, 2.05) is 0 Å². The van der Waals surface area contributed by atoms with E-state index in [0.717, 1.165) is 32.7 Å². The number of hydrogen-bond donors (Lipinski definition) is 0. The van der Waals surface area contributed by atoms with Gasteiger partial charge in [-0.3, -0.25) is 0 Å². The average molecular weight is 713 g/mol. The minimum absolute atomic E-state index is 0.0207. The van der Waals surface area contributed by atoms with Gasteiger partial charge in [0.1, 0.15) is 17.2 Å². The lowest BCUT2D eigenvalue weighted by atomic mass is 9.83. The van der Waals surface area contributed by atoms with Crippen molar-refractivity contribution in [1.29, 1.82) is 0 Å². The highest BCUT2D eigenvalue weighted by Crippen LogP contribution is 2.49. The van der Waals surface area contributed by atoms with Gasteiger partial charge in [-0.15, -0.1) is 0 Å². The second-order valence-corrected chi connectivity index (χ2v) is 20.6. The van der Waals surface area contributed by atoms with Crippen LogP contribution in [-0.4, -0.2) is 14.7 Å². The van der Waals surface area contributed by atoms with E-state index in [9.17, 15) is 8.42 Å². The van der Waals surface area contributed by atoms with Crippen molar-refractivity contribution in [2.24, 2.45) is 0 Å². The van der Waals surface area contributed by atoms with Gasteiger partial charge in [-0.1, -0.05) is 119 Å². The molecule has 266 valence electrons. The fourth-order valence-electron chi connectivity index (χ4n) is 5.86. The van der Waals surface area contributed by atoms with Crippen molar-refractivity contribution in [2.75, 3.05) is 6.26 Å². The summed E-state index contributed by atoms with van der Waals surface area (Å²) in [6.45, 7) is 26.4. The molecule has 0 aliphatic carbocycles. The van der Waals surface area contributed by atoms with Crippen molar-refractivity contribution in [3.05, 3.63) is 107 Å². The molecule has 0 N–H and O–H groups in total. The van der Waals surface area contributed by atoms with Gasteiger partial charge in [-0.25, -0.2) is 8.42 Å². The smallest absolute Gasteiger partial charge is 0.409 e. The van der Waals surface area contributed by atoms with Gasteiger partial charge in [0.2, 0.25) is 0 Å². The van der Waals surface area contributed by atoms with E-state index in [4.69, 9.17) is 13.6 Å². The van der Waals surface area contributed by atoms with Crippen LogP contribution < -0.4 is 13.6 Å².